The van der Waals surface area contributed by atoms with E-state index in [0.29, 0.717) is 13.0 Å². The lowest BCUT2D eigenvalue weighted by Crippen LogP contribution is -2.25. The monoisotopic (exact) mass is 274 g/mol. The molecule has 1 aromatic rings. The van der Waals surface area contributed by atoms with Gasteiger partial charge in [-0.15, -0.1) is 0 Å². The van der Waals surface area contributed by atoms with Crippen LogP contribution in [0.15, 0.2) is 23.4 Å². The molecule has 0 saturated carbocycles. The number of sulfonamides is 1. The Morgan fingerprint density at radius 3 is 2.78 bits per heavy atom. The number of aryl methyl sites for hydroxylation is 1. The van der Waals surface area contributed by atoms with Crippen LogP contribution in [-0.2, 0) is 26.6 Å². The first-order chi connectivity index (χ1) is 8.45. The average Bonchev–Trinajstić information content (AvgIpc) is 2.72. The maximum Gasteiger partial charge on any atom is 0.305 e. The minimum absolute atomic E-state index is 0.213. The van der Waals surface area contributed by atoms with Gasteiger partial charge >= 0.3 is 5.97 Å². The lowest BCUT2D eigenvalue weighted by Gasteiger charge is -2.04. The zero-order valence-corrected chi connectivity index (χ0v) is 11.4. The van der Waals surface area contributed by atoms with E-state index in [1.807, 2.05) is 0 Å². The van der Waals surface area contributed by atoms with E-state index in [9.17, 15) is 13.2 Å². The van der Waals surface area contributed by atoms with Crippen LogP contribution in [0.25, 0.3) is 0 Å². The summed E-state index contributed by atoms with van der Waals surface area (Å²) in [7, 11) is -1.72. The normalized spacial score (nSPS) is 11.4. The van der Waals surface area contributed by atoms with Crippen LogP contribution in [0.3, 0.4) is 0 Å². The van der Waals surface area contributed by atoms with Crippen LogP contribution in [0.5, 0.6) is 0 Å². The van der Waals surface area contributed by atoms with Crippen molar-refractivity contribution in [1.29, 1.82) is 0 Å². The van der Waals surface area contributed by atoms with Gasteiger partial charge in [0.2, 0.25) is 10.0 Å². The molecule has 0 amide bonds. The highest BCUT2D eigenvalue weighted by Gasteiger charge is 2.14. The summed E-state index contributed by atoms with van der Waals surface area (Å²) in [5.74, 6) is -0.309. The van der Waals surface area contributed by atoms with Crippen molar-refractivity contribution in [3.8, 4) is 0 Å². The maximum atomic E-state index is 11.8. The Morgan fingerprint density at radius 1 is 1.50 bits per heavy atom. The number of rotatable bonds is 7. The predicted octanol–water partition coefficient (Wildman–Crippen LogP) is 0.647. The zero-order valence-electron chi connectivity index (χ0n) is 10.5. The first kappa shape index (κ1) is 14.7. The number of aromatic nitrogens is 1. The largest absolute Gasteiger partial charge is 0.466 e. The summed E-state index contributed by atoms with van der Waals surface area (Å²) in [6.07, 6.45) is 3.82. The fourth-order valence-electron chi connectivity index (χ4n) is 1.39. The van der Waals surface area contributed by atoms with Crippen molar-refractivity contribution in [2.24, 2.45) is 7.05 Å². The molecule has 0 bridgehead atoms. The molecule has 7 heteroatoms. The smallest absolute Gasteiger partial charge is 0.305 e. The van der Waals surface area contributed by atoms with E-state index in [4.69, 9.17) is 4.74 Å². The first-order valence-corrected chi connectivity index (χ1v) is 7.21. The molecule has 0 fully saturated rings. The number of hydrogen-bond acceptors (Lipinski definition) is 4. The van der Waals surface area contributed by atoms with Gasteiger partial charge in [0.15, 0.2) is 0 Å². The number of nitrogens with zero attached hydrogens (tertiary/aromatic N) is 1. The van der Waals surface area contributed by atoms with Crippen LogP contribution < -0.4 is 4.72 Å². The minimum atomic E-state index is -3.47. The number of nitrogens with one attached hydrogen (secondary N) is 1. The van der Waals surface area contributed by atoms with E-state index in [0.717, 1.165) is 0 Å². The van der Waals surface area contributed by atoms with Gasteiger partial charge in [-0.2, -0.15) is 0 Å². The minimum Gasteiger partial charge on any atom is -0.466 e. The third kappa shape index (κ3) is 4.50. The zero-order chi connectivity index (χ0) is 13.6. The molecule has 0 aliphatic carbocycles. The fraction of sp³-hybridized carbons (Fsp3) is 0.545. The van der Waals surface area contributed by atoms with Gasteiger partial charge in [0, 0.05) is 32.4 Å². The molecule has 6 nitrogen and oxygen atoms in total. The van der Waals surface area contributed by atoms with Crippen molar-refractivity contribution < 1.29 is 17.9 Å². The fourth-order valence-corrected chi connectivity index (χ4v) is 2.52. The molecule has 0 atom stereocenters. The van der Waals surface area contributed by atoms with Gasteiger partial charge < -0.3 is 9.30 Å². The van der Waals surface area contributed by atoms with E-state index < -0.39 is 10.0 Å². The Hall–Kier alpha value is -1.34. The lowest BCUT2D eigenvalue weighted by atomic mass is 10.3. The van der Waals surface area contributed by atoms with E-state index in [1.54, 1.807) is 24.7 Å². The highest BCUT2D eigenvalue weighted by molar-refractivity contribution is 7.89. The summed E-state index contributed by atoms with van der Waals surface area (Å²) in [5, 5.41) is 0. The standard InChI is InChI=1S/C11H18N2O4S/c1-3-17-11(14)5-4-7-12-18(15,16)10-6-8-13(2)9-10/h6,8-9,12H,3-5,7H2,1-2H3. The van der Waals surface area contributed by atoms with Gasteiger partial charge in [-0.1, -0.05) is 0 Å². The molecule has 0 spiro atoms. The van der Waals surface area contributed by atoms with Crippen molar-refractivity contribution in [1.82, 2.24) is 9.29 Å². The number of carbonyl (C=O) groups is 1. The molecule has 0 aliphatic rings. The molecule has 1 rings (SSSR count). The number of esters is 1. The molecule has 0 radical (unpaired) electrons. The van der Waals surface area contributed by atoms with Crippen LogP contribution in [-0.4, -0.2) is 32.1 Å². The van der Waals surface area contributed by atoms with Crippen molar-refractivity contribution in [2.75, 3.05) is 13.2 Å². The van der Waals surface area contributed by atoms with Gasteiger partial charge in [-0.25, -0.2) is 13.1 Å². The third-order valence-electron chi connectivity index (χ3n) is 2.27. The topological polar surface area (TPSA) is 77.4 Å². The van der Waals surface area contributed by atoms with Crippen LogP contribution in [0.1, 0.15) is 19.8 Å². The Labute approximate surface area is 107 Å². The highest BCUT2D eigenvalue weighted by atomic mass is 32.2. The number of hydrogen-bond donors (Lipinski definition) is 1. The Balaban J connectivity index is 2.37. The SMILES string of the molecule is CCOC(=O)CCCNS(=O)(=O)c1ccn(C)c1. The third-order valence-corrected chi connectivity index (χ3v) is 3.72. The predicted molar refractivity (Wildman–Crippen MR) is 66.5 cm³/mol. The quantitative estimate of drug-likeness (QED) is 0.585. The van der Waals surface area contributed by atoms with Crippen LogP contribution in [0.2, 0.25) is 0 Å². The van der Waals surface area contributed by atoms with Gasteiger partial charge in [0.05, 0.1) is 11.5 Å². The molecule has 102 valence electrons. The second-order valence-electron chi connectivity index (χ2n) is 3.82. The second-order valence-corrected chi connectivity index (χ2v) is 5.59. The summed E-state index contributed by atoms with van der Waals surface area (Å²) in [6.45, 7) is 2.29. The molecule has 18 heavy (non-hydrogen) atoms. The Morgan fingerprint density at radius 2 is 2.22 bits per heavy atom. The molecular weight excluding hydrogens is 256 g/mol. The lowest BCUT2D eigenvalue weighted by molar-refractivity contribution is -0.143. The molecule has 1 N–H and O–H groups in total. The molecular formula is C11H18N2O4S. The Kier molecular flexibility index (Phi) is 5.36. The summed E-state index contributed by atoms with van der Waals surface area (Å²) in [5.41, 5.74) is 0. The van der Waals surface area contributed by atoms with E-state index in [1.165, 1.54) is 12.3 Å². The molecule has 1 heterocycles. The molecule has 0 saturated heterocycles. The van der Waals surface area contributed by atoms with Crippen LogP contribution >= 0.6 is 0 Å². The first-order valence-electron chi connectivity index (χ1n) is 5.73. The summed E-state index contributed by atoms with van der Waals surface area (Å²) in [4.78, 5) is 11.3. The summed E-state index contributed by atoms with van der Waals surface area (Å²) >= 11 is 0. The average molecular weight is 274 g/mol. The summed E-state index contributed by atoms with van der Waals surface area (Å²) < 4.78 is 32.4. The van der Waals surface area contributed by atoms with E-state index in [2.05, 4.69) is 4.72 Å². The van der Waals surface area contributed by atoms with E-state index in [-0.39, 0.29) is 23.8 Å². The molecule has 0 aliphatic heterocycles. The highest BCUT2D eigenvalue weighted by Crippen LogP contribution is 2.08. The molecule has 0 aromatic carbocycles. The Bertz CT molecular complexity index is 493. The van der Waals surface area contributed by atoms with Crippen molar-refractivity contribution >= 4 is 16.0 Å². The van der Waals surface area contributed by atoms with Gasteiger partial charge in [0.1, 0.15) is 0 Å². The van der Waals surface area contributed by atoms with Gasteiger partial charge in [-0.05, 0) is 19.4 Å². The number of carbonyl (C=O) groups excluding carboxylic acids is 1. The van der Waals surface area contributed by atoms with E-state index >= 15 is 0 Å². The number of ether oxygens (including phenoxy) is 1. The van der Waals surface area contributed by atoms with Crippen LogP contribution in [0, 0.1) is 0 Å². The maximum absolute atomic E-state index is 11.8. The summed E-state index contributed by atoms with van der Waals surface area (Å²) in [6, 6.07) is 1.52. The van der Waals surface area contributed by atoms with Crippen molar-refractivity contribution in [3.63, 3.8) is 0 Å². The van der Waals surface area contributed by atoms with Crippen LogP contribution in [0.4, 0.5) is 0 Å². The molecule has 0 unspecified atom stereocenters. The van der Waals surface area contributed by atoms with Gasteiger partial charge in [-0.3, -0.25) is 4.79 Å². The van der Waals surface area contributed by atoms with Gasteiger partial charge in [0.25, 0.3) is 0 Å². The second kappa shape index (κ2) is 6.55. The van der Waals surface area contributed by atoms with Crippen molar-refractivity contribution in [3.05, 3.63) is 18.5 Å². The molecule has 1 aromatic heterocycles. The van der Waals surface area contributed by atoms with Crippen molar-refractivity contribution in [2.45, 2.75) is 24.7 Å².